The third-order valence-electron chi connectivity index (χ3n) is 2.66. The molecule has 1 aromatic heterocycles. The predicted molar refractivity (Wildman–Crippen MR) is 78.8 cm³/mol. The predicted octanol–water partition coefficient (Wildman–Crippen LogP) is 0.492. The molecule has 0 aliphatic carbocycles. The van der Waals surface area contributed by atoms with Crippen LogP contribution in [0.4, 0.5) is 11.4 Å². The largest absolute Gasteiger partial charge is 0.397 e. The van der Waals surface area contributed by atoms with Gasteiger partial charge < -0.3 is 11.1 Å². The van der Waals surface area contributed by atoms with Crippen LogP contribution >= 0.6 is 0 Å². The summed E-state index contributed by atoms with van der Waals surface area (Å²) in [5, 5.41) is 7.61. The molecule has 1 aromatic carbocycles. The molecule has 5 N–H and O–H groups in total. The van der Waals surface area contributed by atoms with E-state index in [0.29, 0.717) is 11.4 Å². The molecule has 0 saturated heterocycles. The zero-order chi connectivity index (χ0) is 15.5. The number of rotatable bonds is 4. The Kier molecular flexibility index (Phi) is 4.20. The number of nitrogens with two attached hydrogens (primary N) is 2. The molecule has 0 spiro atoms. The monoisotopic (exact) mass is 306 g/mol. The molecule has 7 nitrogen and oxygen atoms in total. The number of nitrogens with one attached hydrogen (secondary N) is 1. The third-order valence-corrected chi connectivity index (χ3v) is 3.63. The Morgan fingerprint density at radius 3 is 2.52 bits per heavy atom. The van der Waals surface area contributed by atoms with Crippen LogP contribution in [0.15, 0.2) is 47.5 Å². The van der Waals surface area contributed by atoms with Gasteiger partial charge in [0, 0.05) is 5.69 Å². The van der Waals surface area contributed by atoms with Crippen LogP contribution < -0.4 is 16.2 Å². The maximum atomic E-state index is 11.9. The average Bonchev–Trinajstić information content (AvgIpc) is 2.41. The molecule has 0 saturated carbocycles. The summed E-state index contributed by atoms with van der Waals surface area (Å²) in [6.45, 7) is 0. The SMILES string of the molecule is Nc1ccc(CC(=O)Nc2ccccc2S(N)(=O)=O)nc1. The Balaban J connectivity index is 2.15. The van der Waals surface area contributed by atoms with Crippen molar-refractivity contribution in [2.45, 2.75) is 11.3 Å². The van der Waals surface area contributed by atoms with Crippen molar-refractivity contribution in [2.75, 3.05) is 11.1 Å². The highest BCUT2D eigenvalue weighted by molar-refractivity contribution is 7.89. The van der Waals surface area contributed by atoms with Crippen LogP contribution in [-0.4, -0.2) is 19.3 Å². The van der Waals surface area contributed by atoms with E-state index in [4.69, 9.17) is 10.9 Å². The van der Waals surface area contributed by atoms with E-state index in [0.717, 1.165) is 0 Å². The highest BCUT2D eigenvalue weighted by Crippen LogP contribution is 2.19. The smallest absolute Gasteiger partial charge is 0.240 e. The first-order valence-electron chi connectivity index (χ1n) is 5.98. The number of anilines is 2. The quantitative estimate of drug-likeness (QED) is 0.757. The number of nitrogens with zero attached hydrogens (tertiary/aromatic N) is 1. The number of para-hydroxylation sites is 1. The highest BCUT2D eigenvalue weighted by atomic mass is 32.2. The number of hydrogen-bond donors (Lipinski definition) is 3. The highest BCUT2D eigenvalue weighted by Gasteiger charge is 2.15. The third kappa shape index (κ3) is 4.01. The van der Waals surface area contributed by atoms with Gasteiger partial charge in [-0.15, -0.1) is 0 Å². The summed E-state index contributed by atoms with van der Waals surface area (Å²) < 4.78 is 22.9. The van der Waals surface area contributed by atoms with Crippen molar-refractivity contribution >= 4 is 27.3 Å². The molecule has 110 valence electrons. The minimum atomic E-state index is -3.90. The Bertz CT molecular complexity index is 757. The van der Waals surface area contributed by atoms with E-state index < -0.39 is 15.9 Å². The summed E-state index contributed by atoms with van der Waals surface area (Å²) in [5.41, 5.74) is 6.67. The molecule has 1 amide bonds. The lowest BCUT2D eigenvalue weighted by Gasteiger charge is -2.09. The van der Waals surface area contributed by atoms with E-state index in [1.54, 1.807) is 18.2 Å². The van der Waals surface area contributed by atoms with Gasteiger partial charge in [0.15, 0.2) is 0 Å². The Hall–Kier alpha value is -2.45. The average molecular weight is 306 g/mol. The van der Waals surface area contributed by atoms with Crippen molar-refractivity contribution in [1.29, 1.82) is 0 Å². The summed E-state index contributed by atoms with van der Waals surface area (Å²) in [6.07, 6.45) is 1.44. The first-order valence-corrected chi connectivity index (χ1v) is 7.53. The number of primary sulfonamides is 1. The van der Waals surface area contributed by atoms with Gasteiger partial charge in [0.1, 0.15) is 4.90 Å². The standard InChI is InChI=1S/C13H14N4O3S/c14-9-5-6-10(16-8-9)7-13(18)17-11-3-1-2-4-12(11)21(15,19)20/h1-6,8H,7,14H2,(H,17,18)(H2,15,19,20). The molecule has 2 rings (SSSR count). The van der Waals surface area contributed by atoms with E-state index in [1.165, 1.54) is 24.4 Å². The molecule has 2 aromatic rings. The Morgan fingerprint density at radius 2 is 1.90 bits per heavy atom. The van der Waals surface area contributed by atoms with Crippen molar-refractivity contribution < 1.29 is 13.2 Å². The molecular weight excluding hydrogens is 292 g/mol. The molecule has 1 heterocycles. The van der Waals surface area contributed by atoms with Gasteiger partial charge in [0.2, 0.25) is 15.9 Å². The molecule has 0 unspecified atom stereocenters. The number of nitrogen functional groups attached to an aromatic ring is 1. The van der Waals surface area contributed by atoms with Crippen molar-refractivity contribution in [2.24, 2.45) is 5.14 Å². The molecule has 0 aliphatic heterocycles. The second-order valence-corrected chi connectivity index (χ2v) is 5.88. The van der Waals surface area contributed by atoms with Gasteiger partial charge in [-0.05, 0) is 24.3 Å². The summed E-state index contributed by atoms with van der Waals surface area (Å²) in [4.78, 5) is 15.8. The van der Waals surface area contributed by atoms with Crippen molar-refractivity contribution in [3.8, 4) is 0 Å². The number of carbonyl (C=O) groups is 1. The first-order chi connectivity index (χ1) is 9.86. The zero-order valence-electron chi connectivity index (χ0n) is 11.0. The number of hydrogen-bond acceptors (Lipinski definition) is 5. The minimum Gasteiger partial charge on any atom is -0.397 e. The van der Waals surface area contributed by atoms with Gasteiger partial charge in [0.25, 0.3) is 0 Å². The summed E-state index contributed by atoms with van der Waals surface area (Å²) in [6, 6.07) is 9.18. The molecule has 8 heteroatoms. The molecule has 21 heavy (non-hydrogen) atoms. The zero-order valence-corrected chi connectivity index (χ0v) is 11.8. The fourth-order valence-electron chi connectivity index (χ4n) is 1.72. The number of amides is 1. The Labute approximate surface area is 122 Å². The van der Waals surface area contributed by atoms with Gasteiger partial charge in [-0.2, -0.15) is 0 Å². The topological polar surface area (TPSA) is 128 Å². The van der Waals surface area contributed by atoms with E-state index in [1.807, 2.05) is 0 Å². The lowest BCUT2D eigenvalue weighted by molar-refractivity contribution is -0.115. The van der Waals surface area contributed by atoms with E-state index in [2.05, 4.69) is 10.3 Å². The number of pyridine rings is 1. The second-order valence-electron chi connectivity index (χ2n) is 4.35. The summed E-state index contributed by atoms with van der Waals surface area (Å²) >= 11 is 0. The lowest BCUT2D eigenvalue weighted by atomic mass is 10.2. The number of benzene rings is 1. The molecule has 0 atom stereocenters. The van der Waals surface area contributed by atoms with Gasteiger partial charge in [-0.25, -0.2) is 13.6 Å². The Morgan fingerprint density at radius 1 is 1.19 bits per heavy atom. The van der Waals surface area contributed by atoms with Crippen LogP contribution in [0.5, 0.6) is 0 Å². The van der Waals surface area contributed by atoms with Gasteiger partial charge >= 0.3 is 0 Å². The number of carbonyl (C=O) groups excluding carboxylic acids is 1. The maximum Gasteiger partial charge on any atom is 0.240 e. The van der Waals surface area contributed by atoms with Crippen molar-refractivity contribution in [3.63, 3.8) is 0 Å². The van der Waals surface area contributed by atoms with Crippen LogP contribution in [0.3, 0.4) is 0 Å². The fourth-order valence-corrected chi connectivity index (χ4v) is 2.41. The fraction of sp³-hybridized carbons (Fsp3) is 0.0769. The van der Waals surface area contributed by atoms with Crippen molar-refractivity contribution in [3.05, 3.63) is 48.3 Å². The maximum absolute atomic E-state index is 11.9. The van der Waals surface area contributed by atoms with E-state index >= 15 is 0 Å². The summed E-state index contributed by atoms with van der Waals surface area (Å²) in [5.74, 6) is -0.400. The van der Waals surface area contributed by atoms with Crippen molar-refractivity contribution in [1.82, 2.24) is 4.98 Å². The minimum absolute atomic E-state index is 0.000761. The van der Waals surface area contributed by atoms with Crippen LogP contribution in [0.25, 0.3) is 0 Å². The number of aromatic nitrogens is 1. The van der Waals surface area contributed by atoms with Crippen LogP contribution in [0, 0.1) is 0 Å². The van der Waals surface area contributed by atoms with E-state index in [-0.39, 0.29) is 17.0 Å². The number of sulfonamides is 1. The summed E-state index contributed by atoms with van der Waals surface area (Å²) in [7, 11) is -3.90. The van der Waals surface area contributed by atoms with Gasteiger partial charge in [0.05, 0.1) is 24.0 Å². The van der Waals surface area contributed by atoms with Crippen LogP contribution in [0.2, 0.25) is 0 Å². The normalized spacial score (nSPS) is 11.1. The molecule has 0 aliphatic rings. The second kappa shape index (κ2) is 5.90. The molecule has 0 fully saturated rings. The molecule has 0 bridgehead atoms. The van der Waals surface area contributed by atoms with Crippen LogP contribution in [-0.2, 0) is 21.2 Å². The van der Waals surface area contributed by atoms with Crippen LogP contribution in [0.1, 0.15) is 5.69 Å². The lowest BCUT2D eigenvalue weighted by Crippen LogP contribution is -2.19. The molecule has 0 radical (unpaired) electrons. The van der Waals surface area contributed by atoms with E-state index in [9.17, 15) is 13.2 Å². The first kappa shape index (κ1) is 14.9. The van der Waals surface area contributed by atoms with Gasteiger partial charge in [-0.1, -0.05) is 12.1 Å². The van der Waals surface area contributed by atoms with Gasteiger partial charge in [-0.3, -0.25) is 9.78 Å². The molecular formula is C13H14N4O3S.